The SMILES string of the molecule is CN1CCC(N[C@H]2[C@H](O)[C@@H](n3cncn3)[C@@H]3OC[C@H]2O3)CC1. The number of likely N-dealkylation sites (tertiary alicyclic amines) is 1. The van der Waals surface area contributed by atoms with Gasteiger partial charge < -0.3 is 24.8 Å². The van der Waals surface area contributed by atoms with E-state index in [0.29, 0.717) is 12.6 Å². The molecule has 1 aromatic rings. The van der Waals surface area contributed by atoms with Crippen LogP contribution in [0.15, 0.2) is 12.7 Å². The van der Waals surface area contributed by atoms with Crippen LogP contribution in [-0.4, -0.2) is 82.1 Å². The second-order valence-corrected chi connectivity index (χ2v) is 6.50. The van der Waals surface area contributed by atoms with Gasteiger partial charge in [0.1, 0.15) is 24.8 Å². The number of nitrogens with zero attached hydrogens (tertiary/aromatic N) is 4. The van der Waals surface area contributed by atoms with E-state index >= 15 is 0 Å². The topological polar surface area (TPSA) is 84.7 Å². The predicted octanol–water partition coefficient (Wildman–Crippen LogP) is -1.01. The Hall–Kier alpha value is -1.06. The van der Waals surface area contributed by atoms with Crippen molar-refractivity contribution in [2.45, 2.75) is 49.5 Å². The summed E-state index contributed by atoms with van der Waals surface area (Å²) in [5.74, 6) is 0. The molecule has 0 unspecified atom stereocenters. The number of piperidine rings is 1. The van der Waals surface area contributed by atoms with Crippen LogP contribution in [0, 0.1) is 0 Å². The summed E-state index contributed by atoms with van der Waals surface area (Å²) < 4.78 is 13.3. The van der Waals surface area contributed by atoms with Crippen molar-refractivity contribution >= 4 is 0 Å². The number of hydrogen-bond donors (Lipinski definition) is 2. The molecule has 0 saturated carbocycles. The van der Waals surface area contributed by atoms with Gasteiger partial charge in [0.25, 0.3) is 0 Å². The molecule has 4 rings (SSSR count). The average molecular weight is 309 g/mol. The van der Waals surface area contributed by atoms with Crippen molar-refractivity contribution in [1.29, 1.82) is 0 Å². The summed E-state index contributed by atoms with van der Waals surface area (Å²) in [7, 11) is 2.14. The fourth-order valence-corrected chi connectivity index (χ4v) is 3.71. The van der Waals surface area contributed by atoms with Gasteiger partial charge in [-0.15, -0.1) is 0 Å². The standard InChI is InChI=1S/C14H23N5O3/c1-18-4-2-9(3-5-18)17-11-10-6-21-14(22-10)12(13(11)20)19-8-15-7-16-19/h7-14,17,20H,2-6H2,1H3/t10-,11-,12-,13+,14-/m1/s1. The van der Waals surface area contributed by atoms with Crippen molar-refractivity contribution in [1.82, 2.24) is 25.0 Å². The van der Waals surface area contributed by atoms with E-state index in [1.54, 1.807) is 11.0 Å². The third kappa shape index (κ3) is 2.55. The molecule has 8 nitrogen and oxygen atoms in total. The normalized spacial score (nSPS) is 40.2. The molecule has 122 valence electrons. The van der Waals surface area contributed by atoms with Gasteiger partial charge in [0.05, 0.1) is 18.8 Å². The zero-order valence-corrected chi connectivity index (χ0v) is 12.7. The number of ether oxygens (including phenoxy) is 2. The van der Waals surface area contributed by atoms with Gasteiger partial charge in [0.2, 0.25) is 0 Å². The number of fused-ring (bicyclic) bond motifs is 2. The molecule has 22 heavy (non-hydrogen) atoms. The second kappa shape index (κ2) is 5.86. The monoisotopic (exact) mass is 309 g/mol. The van der Waals surface area contributed by atoms with Crippen molar-refractivity contribution in [3.05, 3.63) is 12.7 Å². The zero-order valence-electron chi connectivity index (χ0n) is 12.7. The maximum absolute atomic E-state index is 10.8. The van der Waals surface area contributed by atoms with Crippen LogP contribution in [0.1, 0.15) is 18.9 Å². The Kier molecular flexibility index (Phi) is 3.87. The van der Waals surface area contributed by atoms with Crippen molar-refractivity contribution in [3.63, 3.8) is 0 Å². The van der Waals surface area contributed by atoms with Crippen LogP contribution in [-0.2, 0) is 9.47 Å². The molecular formula is C14H23N5O3. The molecule has 8 heteroatoms. The zero-order chi connectivity index (χ0) is 15.1. The summed E-state index contributed by atoms with van der Waals surface area (Å²) in [6.07, 6.45) is 4.10. The quantitative estimate of drug-likeness (QED) is 0.740. The number of nitrogens with one attached hydrogen (secondary N) is 1. The minimum Gasteiger partial charge on any atom is -0.389 e. The first-order valence-electron chi connectivity index (χ1n) is 7.96. The first-order valence-corrected chi connectivity index (χ1v) is 7.96. The van der Waals surface area contributed by atoms with Crippen LogP contribution in [0.4, 0.5) is 0 Å². The predicted molar refractivity (Wildman–Crippen MR) is 77.1 cm³/mol. The molecular weight excluding hydrogens is 286 g/mol. The fourth-order valence-electron chi connectivity index (χ4n) is 3.71. The van der Waals surface area contributed by atoms with Crippen LogP contribution in [0.25, 0.3) is 0 Å². The van der Waals surface area contributed by atoms with Gasteiger partial charge in [-0.3, -0.25) is 0 Å². The van der Waals surface area contributed by atoms with E-state index in [-0.39, 0.29) is 18.2 Å². The maximum Gasteiger partial charge on any atom is 0.183 e. The summed E-state index contributed by atoms with van der Waals surface area (Å²) in [5, 5.41) is 18.6. The molecule has 2 N–H and O–H groups in total. The van der Waals surface area contributed by atoms with Crippen molar-refractivity contribution in [2.24, 2.45) is 0 Å². The first kappa shape index (κ1) is 14.5. The summed E-state index contributed by atoms with van der Waals surface area (Å²) in [6.45, 7) is 2.67. The second-order valence-electron chi connectivity index (χ2n) is 6.50. The average Bonchev–Trinajstić information content (AvgIpc) is 3.17. The molecule has 0 spiro atoms. The summed E-state index contributed by atoms with van der Waals surface area (Å²) in [6, 6.07) is -0.0839. The lowest BCUT2D eigenvalue weighted by Crippen LogP contribution is -2.60. The third-order valence-electron chi connectivity index (χ3n) is 5.02. The molecule has 0 aliphatic carbocycles. The summed E-state index contributed by atoms with van der Waals surface area (Å²) in [5.41, 5.74) is 0. The molecule has 3 fully saturated rings. The molecule has 4 heterocycles. The largest absolute Gasteiger partial charge is 0.389 e. The Morgan fingerprint density at radius 1 is 1.32 bits per heavy atom. The summed E-state index contributed by atoms with van der Waals surface area (Å²) in [4.78, 5) is 6.30. The van der Waals surface area contributed by atoms with Gasteiger partial charge in [-0.05, 0) is 33.0 Å². The molecule has 2 bridgehead atoms. The molecule has 3 saturated heterocycles. The van der Waals surface area contributed by atoms with E-state index in [1.807, 2.05) is 0 Å². The fraction of sp³-hybridized carbons (Fsp3) is 0.857. The molecule has 0 radical (unpaired) electrons. The highest BCUT2D eigenvalue weighted by molar-refractivity contribution is 5.00. The molecule has 3 aliphatic rings. The van der Waals surface area contributed by atoms with E-state index in [4.69, 9.17) is 9.47 Å². The Balaban J connectivity index is 1.49. The van der Waals surface area contributed by atoms with E-state index in [0.717, 1.165) is 25.9 Å². The minimum absolute atomic E-state index is 0.0978. The van der Waals surface area contributed by atoms with E-state index in [9.17, 15) is 5.11 Å². The van der Waals surface area contributed by atoms with Crippen molar-refractivity contribution in [3.8, 4) is 0 Å². The molecule has 1 aromatic heterocycles. The van der Waals surface area contributed by atoms with Gasteiger partial charge in [-0.25, -0.2) is 9.67 Å². The van der Waals surface area contributed by atoms with Crippen LogP contribution < -0.4 is 5.32 Å². The van der Waals surface area contributed by atoms with Gasteiger partial charge in [0.15, 0.2) is 6.29 Å². The number of hydrogen-bond acceptors (Lipinski definition) is 7. The smallest absolute Gasteiger partial charge is 0.183 e. The van der Waals surface area contributed by atoms with Crippen LogP contribution in [0.2, 0.25) is 0 Å². The van der Waals surface area contributed by atoms with Gasteiger partial charge in [-0.2, -0.15) is 5.10 Å². The summed E-state index contributed by atoms with van der Waals surface area (Å²) >= 11 is 0. The van der Waals surface area contributed by atoms with Gasteiger partial charge >= 0.3 is 0 Å². The molecule has 0 aromatic carbocycles. The molecule has 5 atom stereocenters. The van der Waals surface area contributed by atoms with Gasteiger partial charge in [-0.1, -0.05) is 0 Å². The first-order chi connectivity index (χ1) is 10.7. The highest BCUT2D eigenvalue weighted by Crippen LogP contribution is 2.35. The highest BCUT2D eigenvalue weighted by Gasteiger charge is 2.51. The molecule has 0 amide bonds. The van der Waals surface area contributed by atoms with Crippen LogP contribution >= 0.6 is 0 Å². The Bertz CT molecular complexity index is 491. The lowest BCUT2D eigenvalue weighted by molar-refractivity contribution is -0.169. The van der Waals surface area contributed by atoms with Crippen molar-refractivity contribution < 1.29 is 14.6 Å². The highest BCUT2D eigenvalue weighted by atomic mass is 16.7. The van der Waals surface area contributed by atoms with E-state index in [1.165, 1.54) is 6.33 Å². The van der Waals surface area contributed by atoms with Crippen LogP contribution in [0.5, 0.6) is 0 Å². The minimum atomic E-state index is -0.604. The van der Waals surface area contributed by atoms with Gasteiger partial charge in [0, 0.05) is 6.04 Å². The number of rotatable bonds is 3. The van der Waals surface area contributed by atoms with Crippen molar-refractivity contribution in [2.75, 3.05) is 26.7 Å². The maximum atomic E-state index is 10.8. The Morgan fingerprint density at radius 2 is 2.14 bits per heavy atom. The van der Waals surface area contributed by atoms with E-state index < -0.39 is 12.4 Å². The number of aliphatic hydroxyl groups excluding tert-OH is 1. The van der Waals surface area contributed by atoms with E-state index in [2.05, 4.69) is 27.3 Å². The van der Waals surface area contributed by atoms with Crippen LogP contribution in [0.3, 0.4) is 0 Å². The lowest BCUT2D eigenvalue weighted by atomic mass is 9.94. The molecule has 3 aliphatic heterocycles. The third-order valence-corrected chi connectivity index (χ3v) is 5.02. The lowest BCUT2D eigenvalue weighted by Gasteiger charge is -2.41. The Morgan fingerprint density at radius 3 is 2.86 bits per heavy atom. The Labute approximate surface area is 129 Å². The number of aromatic nitrogens is 3. The number of aliphatic hydroxyl groups is 1.